The molecule has 2 saturated heterocycles. The summed E-state index contributed by atoms with van der Waals surface area (Å²) in [5.74, 6) is -3.22. The summed E-state index contributed by atoms with van der Waals surface area (Å²) in [6.45, 7) is 2.70. The summed E-state index contributed by atoms with van der Waals surface area (Å²) in [5, 5.41) is 5.44. The summed E-state index contributed by atoms with van der Waals surface area (Å²) in [5.41, 5.74) is 1.02. The Kier molecular flexibility index (Phi) is 6.09. The molecule has 2 unspecified atom stereocenters. The standard InChI is InChI=1S/C20H27F2N3O2/c1-2-16(14-6-4-3-5-7-14)19(27)25-10-8-15(9-11-25)24-18(26)17-12-20(21,22)13-23-17/h3-7,15-17,23H,2,8-13H2,1H3,(H,24,26). The highest BCUT2D eigenvalue weighted by Gasteiger charge is 2.42. The number of benzene rings is 1. The molecule has 0 radical (unpaired) electrons. The molecule has 2 aliphatic heterocycles. The number of halogens is 2. The third-order valence-electron chi connectivity index (χ3n) is 5.49. The number of nitrogens with one attached hydrogen (secondary N) is 2. The molecule has 3 rings (SSSR count). The molecule has 0 spiro atoms. The Bertz CT molecular complexity index is 660. The number of nitrogens with zero attached hydrogens (tertiary/aromatic N) is 1. The molecule has 0 aromatic heterocycles. The maximum absolute atomic E-state index is 13.2. The van der Waals surface area contributed by atoms with E-state index in [-0.39, 0.29) is 23.8 Å². The van der Waals surface area contributed by atoms with Gasteiger partial charge < -0.3 is 10.2 Å². The fraction of sp³-hybridized carbons (Fsp3) is 0.600. The third kappa shape index (κ3) is 4.83. The second kappa shape index (κ2) is 8.33. The fourth-order valence-electron chi connectivity index (χ4n) is 3.91. The van der Waals surface area contributed by atoms with Crippen LogP contribution < -0.4 is 10.6 Å². The molecule has 0 saturated carbocycles. The Morgan fingerprint density at radius 2 is 1.93 bits per heavy atom. The first-order chi connectivity index (χ1) is 12.9. The maximum atomic E-state index is 13.2. The van der Waals surface area contributed by atoms with Gasteiger partial charge in [-0.25, -0.2) is 8.78 Å². The summed E-state index contributed by atoms with van der Waals surface area (Å²) < 4.78 is 26.5. The van der Waals surface area contributed by atoms with Gasteiger partial charge in [0.15, 0.2) is 0 Å². The van der Waals surface area contributed by atoms with Crippen LogP contribution in [0.1, 0.15) is 44.1 Å². The number of rotatable bonds is 5. The molecule has 5 nitrogen and oxygen atoms in total. The van der Waals surface area contributed by atoms with E-state index in [1.54, 1.807) is 0 Å². The first-order valence-corrected chi connectivity index (χ1v) is 9.65. The lowest BCUT2D eigenvalue weighted by molar-refractivity contribution is -0.134. The molecule has 1 aromatic carbocycles. The van der Waals surface area contributed by atoms with Gasteiger partial charge in [0, 0.05) is 25.6 Å². The van der Waals surface area contributed by atoms with E-state index in [9.17, 15) is 18.4 Å². The molecule has 7 heteroatoms. The van der Waals surface area contributed by atoms with Crippen LogP contribution in [0.3, 0.4) is 0 Å². The zero-order chi connectivity index (χ0) is 19.4. The average molecular weight is 379 g/mol. The highest BCUT2D eigenvalue weighted by Crippen LogP contribution is 2.26. The van der Waals surface area contributed by atoms with Crippen molar-refractivity contribution in [3.8, 4) is 0 Å². The van der Waals surface area contributed by atoms with Gasteiger partial charge in [0.2, 0.25) is 11.8 Å². The number of amides is 2. The topological polar surface area (TPSA) is 61.4 Å². The summed E-state index contributed by atoms with van der Waals surface area (Å²) in [7, 11) is 0. The summed E-state index contributed by atoms with van der Waals surface area (Å²) in [6.07, 6.45) is 1.57. The van der Waals surface area contributed by atoms with E-state index in [1.807, 2.05) is 42.2 Å². The van der Waals surface area contributed by atoms with Crippen LogP contribution in [0.5, 0.6) is 0 Å². The van der Waals surface area contributed by atoms with Crippen LogP contribution in [0.2, 0.25) is 0 Å². The van der Waals surface area contributed by atoms with E-state index in [4.69, 9.17) is 0 Å². The van der Waals surface area contributed by atoms with Gasteiger partial charge in [0.05, 0.1) is 18.5 Å². The third-order valence-corrected chi connectivity index (χ3v) is 5.49. The van der Waals surface area contributed by atoms with Crippen molar-refractivity contribution in [2.45, 2.75) is 56.5 Å². The van der Waals surface area contributed by atoms with Crippen LogP contribution in [0.4, 0.5) is 8.78 Å². The van der Waals surface area contributed by atoms with Gasteiger partial charge in [0.1, 0.15) is 0 Å². The monoisotopic (exact) mass is 379 g/mol. The lowest BCUT2D eigenvalue weighted by atomic mass is 9.93. The Morgan fingerprint density at radius 1 is 1.26 bits per heavy atom. The van der Waals surface area contributed by atoms with Crippen LogP contribution in [0, 0.1) is 0 Å². The van der Waals surface area contributed by atoms with Crippen molar-refractivity contribution in [1.29, 1.82) is 0 Å². The minimum atomic E-state index is -2.82. The van der Waals surface area contributed by atoms with E-state index in [0.717, 1.165) is 12.0 Å². The number of likely N-dealkylation sites (tertiary alicyclic amines) is 1. The number of piperidine rings is 1. The minimum absolute atomic E-state index is 0.0747. The van der Waals surface area contributed by atoms with Gasteiger partial charge in [-0.1, -0.05) is 37.3 Å². The smallest absolute Gasteiger partial charge is 0.262 e. The first-order valence-electron chi connectivity index (χ1n) is 9.65. The van der Waals surface area contributed by atoms with Gasteiger partial charge in [-0.3, -0.25) is 14.9 Å². The molecule has 2 N–H and O–H groups in total. The SMILES string of the molecule is CCC(C(=O)N1CCC(NC(=O)C2CC(F)(F)CN2)CC1)c1ccccc1. The lowest BCUT2D eigenvalue weighted by Gasteiger charge is -2.35. The van der Waals surface area contributed by atoms with E-state index >= 15 is 0 Å². The van der Waals surface area contributed by atoms with E-state index in [2.05, 4.69) is 10.6 Å². The molecule has 0 aliphatic carbocycles. The summed E-state index contributed by atoms with van der Waals surface area (Å²) >= 11 is 0. The number of carbonyl (C=O) groups excluding carboxylic acids is 2. The van der Waals surface area contributed by atoms with Crippen LogP contribution in [-0.2, 0) is 9.59 Å². The summed E-state index contributed by atoms with van der Waals surface area (Å²) in [6, 6.07) is 8.86. The van der Waals surface area contributed by atoms with Crippen LogP contribution in [0.15, 0.2) is 30.3 Å². The van der Waals surface area contributed by atoms with Gasteiger partial charge in [-0.2, -0.15) is 0 Å². The van der Waals surface area contributed by atoms with Crippen molar-refractivity contribution in [1.82, 2.24) is 15.5 Å². The minimum Gasteiger partial charge on any atom is -0.352 e. The van der Waals surface area contributed by atoms with E-state index < -0.39 is 24.9 Å². The highest BCUT2D eigenvalue weighted by molar-refractivity contribution is 5.84. The molecule has 2 amide bonds. The van der Waals surface area contributed by atoms with Crippen molar-refractivity contribution in [2.75, 3.05) is 19.6 Å². The normalized spacial score (nSPS) is 23.8. The number of hydrogen-bond acceptors (Lipinski definition) is 3. The van der Waals surface area contributed by atoms with Gasteiger partial charge in [-0.15, -0.1) is 0 Å². The molecule has 148 valence electrons. The Morgan fingerprint density at radius 3 is 2.48 bits per heavy atom. The van der Waals surface area contributed by atoms with Gasteiger partial charge >= 0.3 is 0 Å². The largest absolute Gasteiger partial charge is 0.352 e. The van der Waals surface area contributed by atoms with Crippen molar-refractivity contribution >= 4 is 11.8 Å². The number of carbonyl (C=O) groups is 2. The van der Waals surface area contributed by atoms with Crippen LogP contribution in [0.25, 0.3) is 0 Å². The lowest BCUT2D eigenvalue weighted by Crippen LogP contribution is -2.51. The molecule has 0 bridgehead atoms. The molecular weight excluding hydrogens is 352 g/mol. The highest BCUT2D eigenvalue weighted by atomic mass is 19.3. The molecule has 2 atom stereocenters. The molecule has 2 fully saturated rings. The first kappa shape index (κ1) is 19.7. The van der Waals surface area contributed by atoms with Crippen LogP contribution >= 0.6 is 0 Å². The average Bonchev–Trinajstić information content (AvgIpc) is 3.04. The van der Waals surface area contributed by atoms with Crippen LogP contribution in [-0.4, -0.2) is 54.4 Å². The van der Waals surface area contributed by atoms with Crippen molar-refractivity contribution < 1.29 is 18.4 Å². The molecule has 2 heterocycles. The summed E-state index contributed by atoms with van der Waals surface area (Å²) in [4.78, 5) is 26.9. The van der Waals surface area contributed by atoms with Gasteiger partial charge in [0.25, 0.3) is 5.92 Å². The second-order valence-electron chi connectivity index (χ2n) is 7.47. The van der Waals surface area contributed by atoms with E-state index in [0.29, 0.717) is 25.9 Å². The molecule has 27 heavy (non-hydrogen) atoms. The maximum Gasteiger partial charge on any atom is 0.262 e. The Balaban J connectivity index is 1.50. The van der Waals surface area contributed by atoms with E-state index in [1.165, 1.54) is 0 Å². The Labute approximate surface area is 158 Å². The zero-order valence-corrected chi connectivity index (χ0v) is 15.6. The molecule has 1 aromatic rings. The number of alkyl halides is 2. The molecular formula is C20H27F2N3O2. The van der Waals surface area contributed by atoms with Crippen molar-refractivity contribution in [3.05, 3.63) is 35.9 Å². The fourth-order valence-corrected chi connectivity index (χ4v) is 3.91. The van der Waals surface area contributed by atoms with Crippen molar-refractivity contribution in [2.24, 2.45) is 0 Å². The Hall–Kier alpha value is -2.02. The number of hydrogen-bond donors (Lipinski definition) is 2. The second-order valence-corrected chi connectivity index (χ2v) is 7.47. The van der Waals surface area contributed by atoms with Crippen molar-refractivity contribution in [3.63, 3.8) is 0 Å². The predicted molar refractivity (Wildman–Crippen MR) is 98.6 cm³/mol. The zero-order valence-electron chi connectivity index (χ0n) is 15.6. The quantitative estimate of drug-likeness (QED) is 0.825. The predicted octanol–water partition coefficient (Wildman–Crippen LogP) is 2.28. The molecule has 2 aliphatic rings. The van der Waals surface area contributed by atoms with Gasteiger partial charge in [-0.05, 0) is 24.8 Å².